The number of halogens is 2. The summed E-state index contributed by atoms with van der Waals surface area (Å²) in [6, 6.07) is 11.6. The Hall–Kier alpha value is -3.64. The van der Waals surface area contributed by atoms with Crippen LogP contribution in [0.15, 0.2) is 48.8 Å². The Morgan fingerprint density at radius 2 is 2.03 bits per heavy atom. The van der Waals surface area contributed by atoms with Crippen LogP contribution in [0.4, 0.5) is 15.8 Å². The first-order valence-electron chi connectivity index (χ1n) is 9.92. The molecule has 1 unspecified atom stereocenters. The van der Waals surface area contributed by atoms with Crippen LogP contribution in [0.2, 0.25) is 5.02 Å². The van der Waals surface area contributed by atoms with Crippen molar-refractivity contribution in [1.29, 1.82) is 5.26 Å². The second-order valence-electron chi connectivity index (χ2n) is 7.81. The van der Waals surface area contributed by atoms with Crippen LogP contribution in [0.25, 0.3) is 10.9 Å². The Kier molecular flexibility index (Phi) is 4.75. The van der Waals surface area contributed by atoms with Gasteiger partial charge in [-0.1, -0.05) is 28.9 Å². The van der Waals surface area contributed by atoms with Crippen molar-refractivity contribution in [2.24, 2.45) is 0 Å². The third-order valence-electron chi connectivity index (χ3n) is 5.56. The minimum absolute atomic E-state index is 0.246. The number of hydrogen-bond donors (Lipinski definition) is 2. The van der Waals surface area contributed by atoms with Crippen LogP contribution in [0.5, 0.6) is 0 Å². The Bertz CT molecular complexity index is 1380. The Balaban J connectivity index is 1.64. The molecule has 1 saturated carbocycles. The molecule has 1 fully saturated rings. The SMILES string of the molecule is [B]C(Nc1cc(Cl)c2ncc(C#N)c(N)c2c1)(c1ccc(F)cc1)c1cn(C2CC2)nn1. The first-order valence-corrected chi connectivity index (χ1v) is 10.3. The van der Waals surface area contributed by atoms with Crippen molar-refractivity contribution in [1.82, 2.24) is 20.0 Å². The van der Waals surface area contributed by atoms with E-state index < -0.39 is 5.44 Å². The molecule has 0 spiro atoms. The fraction of sp³-hybridized carbons (Fsp3) is 0.182. The van der Waals surface area contributed by atoms with E-state index in [0.717, 1.165) is 12.8 Å². The maximum Gasteiger partial charge on any atom is 0.123 e. The van der Waals surface area contributed by atoms with Crippen molar-refractivity contribution >= 4 is 41.7 Å². The third-order valence-corrected chi connectivity index (χ3v) is 5.85. The molecule has 156 valence electrons. The Morgan fingerprint density at radius 3 is 2.72 bits per heavy atom. The number of nitrogens with one attached hydrogen (secondary N) is 1. The molecule has 0 saturated heterocycles. The lowest BCUT2D eigenvalue weighted by atomic mass is 9.69. The molecule has 2 aromatic heterocycles. The van der Waals surface area contributed by atoms with Gasteiger partial charge in [0.25, 0.3) is 0 Å². The number of benzene rings is 2. The molecule has 7 nitrogen and oxygen atoms in total. The van der Waals surface area contributed by atoms with Crippen LogP contribution in [0.3, 0.4) is 0 Å². The van der Waals surface area contributed by atoms with E-state index in [1.165, 1.54) is 18.3 Å². The number of pyridine rings is 1. The van der Waals surface area contributed by atoms with Gasteiger partial charge in [-0.05, 0) is 42.7 Å². The lowest BCUT2D eigenvalue weighted by Gasteiger charge is -2.31. The Morgan fingerprint density at radius 1 is 1.28 bits per heavy atom. The highest BCUT2D eigenvalue weighted by molar-refractivity contribution is 6.36. The van der Waals surface area contributed by atoms with E-state index in [9.17, 15) is 9.65 Å². The van der Waals surface area contributed by atoms with Crippen molar-refractivity contribution in [2.75, 3.05) is 11.1 Å². The minimum atomic E-state index is -1.34. The van der Waals surface area contributed by atoms with Crippen LogP contribution >= 0.6 is 11.6 Å². The summed E-state index contributed by atoms with van der Waals surface area (Å²) in [5.74, 6) is -0.380. The minimum Gasteiger partial charge on any atom is -0.397 e. The molecule has 10 heteroatoms. The van der Waals surface area contributed by atoms with Crippen LogP contribution in [0.1, 0.15) is 35.7 Å². The van der Waals surface area contributed by atoms with E-state index in [-0.39, 0.29) is 17.1 Å². The number of aromatic nitrogens is 4. The van der Waals surface area contributed by atoms with E-state index in [4.69, 9.17) is 25.2 Å². The highest BCUT2D eigenvalue weighted by atomic mass is 35.5. The molecule has 3 N–H and O–H groups in total. The predicted molar refractivity (Wildman–Crippen MR) is 121 cm³/mol. The summed E-state index contributed by atoms with van der Waals surface area (Å²) in [5, 5.41) is 21.9. The maximum atomic E-state index is 13.6. The molecule has 32 heavy (non-hydrogen) atoms. The van der Waals surface area contributed by atoms with Gasteiger partial charge >= 0.3 is 0 Å². The van der Waals surface area contributed by atoms with Gasteiger partial charge in [0.15, 0.2) is 0 Å². The standard InChI is InChI=1S/C22H16BClFN7/c23-22(13-1-3-14(25)4-2-13,19-11-32(31-30-19)16-5-6-16)29-15-7-17-20(27)12(9-26)10-28-21(17)18(24)8-15/h1-4,7-8,10-11,16,29H,5-6H2,(H2,27,28). The molecule has 0 amide bonds. The van der Waals surface area contributed by atoms with Crippen molar-refractivity contribution in [3.05, 3.63) is 76.5 Å². The first kappa shape index (κ1) is 20.3. The van der Waals surface area contributed by atoms with Crippen LogP contribution in [0, 0.1) is 17.1 Å². The molecule has 0 bridgehead atoms. The number of fused-ring (bicyclic) bond motifs is 1. The number of anilines is 2. The number of hydrogen-bond acceptors (Lipinski definition) is 6. The average molecular weight is 444 g/mol. The molecular weight excluding hydrogens is 428 g/mol. The van der Waals surface area contributed by atoms with Crippen LogP contribution in [-0.2, 0) is 5.44 Å². The molecule has 2 radical (unpaired) electrons. The number of rotatable bonds is 5. The van der Waals surface area contributed by atoms with Gasteiger partial charge in [-0.25, -0.2) is 9.07 Å². The number of nitrogen functional groups attached to an aromatic ring is 1. The summed E-state index contributed by atoms with van der Waals surface area (Å²) in [4.78, 5) is 4.24. The highest BCUT2D eigenvalue weighted by Crippen LogP contribution is 2.38. The van der Waals surface area contributed by atoms with Gasteiger partial charge in [0.1, 0.15) is 25.4 Å². The summed E-state index contributed by atoms with van der Waals surface area (Å²) in [5.41, 5.74) is 7.38. The molecule has 1 aliphatic carbocycles. The fourth-order valence-corrected chi connectivity index (χ4v) is 3.91. The van der Waals surface area contributed by atoms with E-state index in [0.29, 0.717) is 38.9 Å². The van der Waals surface area contributed by atoms with Gasteiger partial charge in [0, 0.05) is 17.3 Å². The predicted octanol–water partition coefficient (Wildman–Crippen LogP) is 3.89. The molecule has 4 aromatic rings. The molecule has 2 heterocycles. The second-order valence-corrected chi connectivity index (χ2v) is 8.21. The van der Waals surface area contributed by atoms with Gasteiger partial charge in [0.2, 0.25) is 0 Å². The largest absolute Gasteiger partial charge is 0.397 e. The first-order chi connectivity index (χ1) is 15.4. The van der Waals surface area contributed by atoms with Gasteiger partial charge in [-0.15, -0.1) is 5.10 Å². The zero-order chi connectivity index (χ0) is 22.5. The maximum absolute atomic E-state index is 13.6. The molecule has 1 aliphatic rings. The van der Waals surface area contributed by atoms with Crippen LogP contribution < -0.4 is 11.1 Å². The van der Waals surface area contributed by atoms with E-state index in [2.05, 4.69) is 20.6 Å². The summed E-state index contributed by atoms with van der Waals surface area (Å²) in [6.45, 7) is 0. The Labute approximate surface area is 189 Å². The fourth-order valence-electron chi connectivity index (χ4n) is 3.64. The van der Waals surface area contributed by atoms with Gasteiger partial charge in [-0.3, -0.25) is 4.98 Å². The molecule has 2 aromatic carbocycles. The topological polar surface area (TPSA) is 105 Å². The van der Waals surface area contributed by atoms with Gasteiger partial charge in [0.05, 0.1) is 39.5 Å². The lowest BCUT2D eigenvalue weighted by molar-refractivity contribution is 0.610. The lowest BCUT2D eigenvalue weighted by Crippen LogP contribution is -2.37. The monoisotopic (exact) mass is 443 g/mol. The summed E-state index contributed by atoms with van der Waals surface area (Å²) in [6.07, 6.45) is 5.26. The van der Waals surface area contributed by atoms with Crippen molar-refractivity contribution in [2.45, 2.75) is 24.3 Å². The second kappa shape index (κ2) is 7.50. The zero-order valence-electron chi connectivity index (χ0n) is 16.8. The van der Waals surface area contributed by atoms with Gasteiger partial charge < -0.3 is 11.1 Å². The van der Waals surface area contributed by atoms with Crippen molar-refractivity contribution < 1.29 is 4.39 Å². The molecule has 5 rings (SSSR count). The smallest absolute Gasteiger partial charge is 0.123 e. The summed E-state index contributed by atoms with van der Waals surface area (Å²) >= 11 is 6.46. The van der Waals surface area contributed by atoms with E-state index in [1.807, 2.05) is 6.07 Å². The number of nitriles is 1. The third kappa shape index (κ3) is 3.43. The van der Waals surface area contributed by atoms with E-state index in [1.54, 1.807) is 35.1 Å². The van der Waals surface area contributed by atoms with Crippen molar-refractivity contribution in [3.63, 3.8) is 0 Å². The summed E-state index contributed by atoms with van der Waals surface area (Å²) < 4.78 is 15.4. The molecule has 0 aliphatic heterocycles. The average Bonchev–Trinajstić information content (AvgIpc) is 3.51. The van der Waals surface area contributed by atoms with Crippen molar-refractivity contribution in [3.8, 4) is 6.07 Å². The zero-order valence-corrected chi connectivity index (χ0v) is 17.5. The molecule has 1 atom stereocenters. The summed E-state index contributed by atoms with van der Waals surface area (Å²) in [7, 11) is 6.85. The van der Waals surface area contributed by atoms with Crippen LogP contribution in [-0.4, -0.2) is 27.8 Å². The van der Waals surface area contributed by atoms with Gasteiger partial charge in [-0.2, -0.15) is 5.26 Å². The number of nitrogens with zero attached hydrogens (tertiary/aromatic N) is 5. The molecular formula is C22H16BClFN7. The normalized spacial score (nSPS) is 15.3. The highest BCUT2D eigenvalue weighted by Gasteiger charge is 2.34. The number of nitrogens with two attached hydrogens (primary N) is 1. The quantitative estimate of drug-likeness (QED) is 0.453. The van der Waals surface area contributed by atoms with E-state index >= 15 is 0 Å².